The minimum atomic E-state index is 0.679. The Bertz CT molecular complexity index is 226. The van der Waals surface area contributed by atoms with E-state index < -0.39 is 0 Å². The predicted octanol–water partition coefficient (Wildman–Crippen LogP) is 1.54. The number of nitrogens with zero attached hydrogens (tertiary/aromatic N) is 2. The van der Waals surface area contributed by atoms with Crippen LogP contribution in [0.15, 0.2) is 0 Å². The maximum atomic E-state index is 3.36. The molecule has 1 aliphatic carbocycles. The Kier molecular flexibility index (Phi) is 4.83. The lowest BCUT2D eigenvalue weighted by atomic mass is 10.1. The van der Waals surface area contributed by atoms with E-state index in [-0.39, 0.29) is 0 Å². The van der Waals surface area contributed by atoms with Crippen molar-refractivity contribution in [2.24, 2.45) is 0 Å². The minimum absolute atomic E-state index is 0.679. The highest BCUT2D eigenvalue weighted by molar-refractivity contribution is 4.87. The molecule has 1 N–H and O–H groups in total. The lowest BCUT2D eigenvalue weighted by molar-refractivity contribution is 0.152. The van der Waals surface area contributed by atoms with E-state index in [1.165, 1.54) is 45.2 Å². The van der Waals surface area contributed by atoms with Crippen LogP contribution >= 0.6 is 0 Å². The quantitative estimate of drug-likeness (QED) is 0.806. The highest BCUT2D eigenvalue weighted by atomic mass is 15.3. The largest absolute Gasteiger partial charge is 0.318 e. The molecule has 17 heavy (non-hydrogen) atoms. The van der Waals surface area contributed by atoms with Crippen LogP contribution in [0.2, 0.25) is 0 Å². The van der Waals surface area contributed by atoms with Crippen LogP contribution in [0.5, 0.6) is 0 Å². The second kappa shape index (κ2) is 6.17. The molecule has 2 rings (SSSR count). The molecule has 0 aromatic rings. The summed E-state index contributed by atoms with van der Waals surface area (Å²) in [6.45, 7) is 6.05. The van der Waals surface area contributed by atoms with Crippen LogP contribution in [0.1, 0.15) is 39.0 Å². The molecule has 2 fully saturated rings. The topological polar surface area (TPSA) is 18.5 Å². The Labute approximate surface area is 107 Å². The van der Waals surface area contributed by atoms with Crippen molar-refractivity contribution in [3.63, 3.8) is 0 Å². The summed E-state index contributed by atoms with van der Waals surface area (Å²) in [6.07, 6.45) is 7.09. The first-order valence-corrected chi connectivity index (χ1v) is 7.33. The van der Waals surface area contributed by atoms with Crippen LogP contribution in [0.4, 0.5) is 0 Å². The molecule has 1 heterocycles. The fourth-order valence-corrected chi connectivity index (χ4v) is 3.45. The Hall–Kier alpha value is -0.120. The van der Waals surface area contributed by atoms with E-state index in [1.54, 1.807) is 0 Å². The molecule has 0 amide bonds. The van der Waals surface area contributed by atoms with Crippen LogP contribution in [-0.4, -0.2) is 61.7 Å². The van der Waals surface area contributed by atoms with Crippen LogP contribution in [0, 0.1) is 0 Å². The first-order valence-electron chi connectivity index (χ1n) is 7.33. The van der Waals surface area contributed by atoms with Gasteiger partial charge < -0.3 is 5.32 Å². The van der Waals surface area contributed by atoms with Crippen molar-refractivity contribution in [2.45, 2.75) is 57.2 Å². The van der Waals surface area contributed by atoms with Crippen molar-refractivity contribution in [1.29, 1.82) is 0 Å². The predicted molar refractivity (Wildman–Crippen MR) is 73.4 cm³/mol. The van der Waals surface area contributed by atoms with Crippen LogP contribution in [-0.2, 0) is 0 Å². The van der Waals surface area contributed by atoms with Crippen LogP contribution in [0.3, 0.4) is 0 Å². The number of hydrogen-bond acceptors (Lipinski definition) is 3. The summed E-state index contributed by atoms with van der Waals surface area (Å²) in [5, 5.41) is 3.36. The summed E-state index contributed by atoms with van der Waals surface area (Å²) in [5.41, 5.74) is 0. The fraction of sp³-hybridized carbons (Fsp3) is 1.00. The van der Waals surface area contributed by atoms with E-state index in [0.29, 0.717) is 6.04 Å². The van der Waals surface area contributed by atoms with Gasteiger partial charge in [-0.15, -0.1) is 0 Å². The van der Waals surface area contributed by atoms with Crippen molar-refractivity contribution < 1.29 is 0 Å². The molecule has 0 spiro atoms. The number of nitrogens with one attached hydrogen (secondary N) is 1. The van der Waals surface area contributed by atoms with E-state index in [1.807, 2.05) is 0 Å². The molecule has 0 bridgehead atoms. The second-order valence-corrected chi connectivity index (χ2v) is 5.95. The standard InChI is InChI=1S/C14H29N3/c1-12-8-9-17(13-6-4-5-7-13)11-14(10-15-2)16(12)3/h12-15H,4-11H2,1-3H3. The summed E-state index contributed by atoms with van der Waals surface area (Å²) >= 11 is 0. The van der Waals surface area contributed by atoms with Crippen molar-refractivity contribution in [3.8, 4) is 0 Å². The smallest absolute Gasteiger partial charge is 0.0347 e. The maximum Gasteiger partial charge on any atom is 0.0347 e. The van der Waals surface area contributed by atoms with Crippen LogP contribution < -0.4 is 5.32 Å². The summed E-state index contributed by atoms with van der Waals surface area (Å²) in [7, 11) is 4.37. The normalized spacial score (nSPS) is 34.1. The SMILES string of the molecule is CNCC1CN(C2CCCC2)CCC(C)N1C. The van der Waals surface area contributed by atoms with Gasteiger partial charge >= 0.3 is 0 Å². The van der Waals surface area contributed by atoms with Gasteiger partial charge in [0.15, 0.2) is 0 Å². The Morgan fingerprint density at radius 2 is 1.88 bits per heavy atom. The van der Waals surface area contributed by atoms with Gasteiger partial charge in [-0.2, -0.15) is 0 Å². The Morgan fingerprint density at radius 3 is 2.53 bits per heavy atom. The lowest BCUT2D eigenvalue weighted by Crippen LogP contribution is -2.48. The van der Waals surface area contributed by atoms with Crippen molar-refractivity contribution in [3.05, 3.63) is 0 Å². The number of likely N-dealkylation sites (N-methyl/N-ethyl adjacent to an activating group) is 2. The van der Waals surface area contributed by atoms with Crippen molar-refractivity contribution in [2.75, 3.05) is 33.7 Å². The second-order valence-electron chi connectivity index (χ2n) is 5.95. The first kappa shape index (κ1) is 13.3. The van der Waals surface area contributed by atoms with Gasteiger partial charge in [-0.05, 0) is 46.8 Å². The molecule has 3 nitrogen and oxygen atoms in total. The Balaban J connectivity index is 1.99. The van der Waals surface area contributed by atoms with Gasteiger partial charge in [0, 0.05) is 31.2 Å². The zero-order valence-corrected chi connectivity index (χ0v) is 11.8. The highest BCUT2D eigenvalue weighted by Gasteiger charge is 2.30. The molecule has 2 aliphatic rings. The van der Waals surface area contributed by atoms with E-state index in [4.69, 9.17) is 0 Å². The maximum absolute atomic E-state index is 3.36. The highest BCUT2D eigenvalue weighted by Crippen LogP contribution is 2.26. The fourth-order valence-electron chi connectivity index (χ4n) is 3.45. The van der Waals surface area contributed by atoms with Gasteiger partial charge in [0.1, 0.15) is 0 Å². The monoisotopic (exact) mass is 239 g/mol. The molecule has 1 saturated heterocycles. The summed E-state index contributed by atoms with van der Waals surface area (Å²) < 4.78 is 0. The third-order valence-electron chi connectivity index (χ3n) is 4.83. The number of rotatable bonds is 3. The van der Waals surface area contributed by atoms with Gasteiger partial charge in [0.05, 0.1) is 0 Å². The van der Waals surface area contributed by atoms with Crippen LogP contribution in [0.25, 0.3) is 0 Å². The molecule has 3 heteroatoms. The molecule has 1 saturated carbocycles. The third-order valence-corrected chi connectivity index (χ3v) is 4.83. The third kappa shape index (κ3) is 3.21. The molecule has 0 radical (unpaired) electrons. The Morgan fingerprint density at radius 1 is 1.18 bits per heavy atom. The molecule has 0 aromatic carbocycles. The number of hydrogen-bond donors (Lipinski definition) is 1. The lowest BCUT2D eigenvalue weighted by Gasteiger charge is -2.33. The van der Waals surface area contributed by atoms with Crippen molar-refractivity contribution >= 4 is 0 Å². The molecule has 2 unspecified atom stereocenters. The van der Waals surface area contributed by atoms with Gasteiger partial charge in [-0.1, -0.05) is 12.8 Å². The average Bonchev–Trinajstić information content (AvgIpc) is 2.81. The van der Waals surface area contributed by atoms with E-state index in [0.717, 1.165) is 18.6 Å². The van der Waals surface area contributed by atoms with Gasteiger partial charge in [-0.3, -0.25) is 9.80 Å². The molecule has 0 aromatic heterocycles. The summed E-state index contributed by atoms with van der Waals surface area (Å²) in [5.74, 6) is 0. The average molecular weight is 239 g/mol. The molecular formula is C14H29N3. The summed E-state index contributed by atoms with van der Waals surface area (Å²) in [6, 6.07) is 2.28. The van der Waals surface area contributed by atoms with E-state index in [9.17, 15) is 0 Å². The zero-order chi connectivity index (χ0) is 12.3. The molecule has 1 aliphatic heterocycles. The molecule has 100 valence electrons. The van der Waals surface area contributed by atoms with Gasteiger partial charge in [0.2, 0.25) is 0 Å². The van der Waals surface area contributed by atoms with E-state index >= 15 is 0 Å². The molecular weight excluding hydrogens is 210 g/mol. The van der Waals surface area contributed by atoms with Gasteiger partial charge in [-0.25, -0.2) is 0 Å². The zero-order valence-electron chi connectivity index (χ0n) is 11.8. The van der Waals surface area contributed by atoms with Gasteiger partial charge in [0.25, 0.3) is 0 Å². The van der Waals surface area contributed by atoms with E-state index in [2.05, 4.69) is 36.1 Å². The minimum Gasteiger partial charge on any atom is -0.318 e. The first-order chi connectivity index (χ1) is 8.22. The summed E-state index contributed by atoms with van der Waals surface area (Å²) in [4.78, 5) is 5.35. The molecule has 2 atom stereocenters. The van der Waals surface area contributed by atoms with Crippen molar-refractivity contribution in [1.82, 2.24) is 15.1 Å².